The van der Waals surface area contributed by atoms with Gasteiger partial charge in [0, 0.05) is 5.02 Å². The number of hydrogen-bond donors (Lipinski definition) is 1. The summed E-state index contributed by atoms with van der Waals surface area (Å²) in [6.45, 7) is 1.79. The maximum absolute atomic E-state index is 12.0. The normalized spacial score (nSPS) is 12.2. The van der Waals surface area contributed by atoms with Crippen LogP contribution in [0.3, 0.4) is 0 Å². The smallest absolute Gasteiger partial charge is 0.350 e. The molecule has 0 saturated carbocycles. The molecule has 0 aliphatic heterocycles. The first-order valence-electron chi connectivity index (χ1n) is 4.95. The van der Waals surface area contributed by atoms with E-state index in [2.05, 4.69) is 0 Å². The van der Waals surface area contributed by atoms with Gasteiger partial charge in [-0.2, -0.15) is 0 Å². The molecule has 1 N–H and O–H groups in total. The van der Waals surface area contributed by atoms with Crippen LogP contribution in [0.25, 0.3) is 0 Å². The van der Waals surface area contributed by atoms with Crippen LogP contribution >= 0.6 is 11.6 Å². The van der Waals surface area contributed by atoms with Crippen LogP contribution in [0.15, 0.2) is 40.3 Å². The number of halogens is 1. The highest BCUT2D eigenvalue weighted by Gasteiger charge is 2.27. The van der Waals surface area contributed by atoms with Crippen LogP contribution in [0.2, 0.25) is 5.02 Å². The van der Waals surface area contributed by atoms with E-state index in [9.17, 15) is 13.2 Å². The van der Waals surface area contributed by atoms with Crippen LogP contribution in [0, 0.1) is 0 Å². The number of aliphatic carboxylic acids is 1. The minimum atomic E-state index is -4.11. The predicted octanol–water partition coefficient (Wildman–Crippen LogP) is 2.08. The number of ether oxygens (including phenoxy) is 1. The molecule has 1 aromatic rings. The number of hydrogen-bond acceptors (Lipinski definition) is 4. The van der Waals surface area contributed by atoms with Gasteiger partial charge in [0.05, 0.1) is 11.5 Å². The van der Waals surface area contributed by atoms with E-state index in [1.807, 2.05) is 0 Å². The van der Waals surface area contributed by atoms with E-state index >= 15 is 0 Å². The highest BCUT2D eigenvalue weighted by Crippen LogP contribution is 2.21. The van der Waals surface area contributed by atoms with Gasteiger partial charge in [-0.05, 0) is 31.2 Å². The summed E-state index contributed by atoms with van der Waals surface area (Å²) in [5.41, 5.74) is 0. The van der Waals surface area contributed by atoms with Crippen molar-refractivity contribution in [3.63, 3.8) is 0 Å². The van der Waals surface area contributed by atoms with E-state index in [0.717, 1.165) is 6.26 Å². The lowest BCUT2D eigenvalue weighted by Gasteiger charge is -2.05. The lowest BCUT2D eigenvalue weighted by Crippen LogP contribution is -2.14. The van der Waals surface area contributed by atoms with Crippen molar-refractivity contribution >= 4 is 27.4 Å². The monoisotopic (exact) mass is 290 g/mol. The van der Waals surface area contributed by atoms with E-state index in [4.69, 9.17) is 21.4 Å². The summed E-state index contributed by atoms with van der Waals surface area (Å²) in [4.78, 5) is 9.97. The standard InChI is InChI=1S/C11H11ClO5S/c1-2-17-7-10(11(13)14)18(15,16)9-5-3-8(12)4-6-9/h3-7H,2H2,1H3,(H,13,14). The zero-order valence-electron chi connectivity index (χ0n) is 9.46. The third-order valence-corrected chi connectivity index (χ3v) is 3.98. The summed E-state index contributed by atoms with van der Waals surface area (Å²) in [6, 6.07) is 5.21. The summed E-state index contributed by atoms with van der Waals surface area (Å²) in [5, 5.41) is 9.26. The van der Waals surface area contributed by atoms with Crippen molar-refractivity contribution in [1.82, 2.24) is 0 Å². The Kier molecular flexibility index (Phi) is 4.75. The maximum atomic E-state index is 12.0. The van der Waals surface area contributed by atoms with E-state index in [1.54, 1.807) is 6.92 Å². The Morgan fingerprint density at radius 3 is 2.39 bits per heavy atom. The highest BCUT2D eigenvalue weighted by atomic mass is 35.5. The number of rotatable bonds is 5. The molecule has 0 bridgehead atoms. The average Bonchev–Trinajstić information content (AvgIpc) is 2.29. The Bertz CT molecular complexity index is 560. The van der Waals surface area contributed by atoms with E-state index in [0.29, 0.717) is 5.02 Å². The van der Waals surface area contributed by atoms with Gasteiger partial charge in [0.15, 0.2) is 4.91 Å². The predicted molar refractivity (Wildman–Crippen MR) is 66.0 cm³/mol. The van der Waals surface area contributed by atoms with Crippen LogP contribution in [-0.4, -0.2) is 26.1 Å². The minimum absolute atomic E-state index is 0.153. The SMILES string of the molecule is CCOC=C(C(=O)O)S(=O)(=O)c1ccc(Cl)cc1. The van der Waals surface area contributed by atoms with Crippen LogP contribution in [0.4, 0.5) is 0 Å². The second-order valence-electron chi connectivity index (χ2n) is 3.20. The van der Waals surface area contributed by atoms with Gasteiger partial charge >= 0.3 is 5.97 Å². The van der Waals surface area contributed by atoms with Crippen molar-refractivity contribution in [2.24, 2.45) is 0 Å². The Morgan fingerprint density at radius 2 is 1.94 bits per heavy atom. The maximum Gasteiger partial charge on any atom is 0.350 e. The quantitative estimate of drug-likeness (QED) is 0.663. The molecular formula is C11H11ClO5S. The largest absolute Gasteiger partial charge is 0.500 e. The summed E-state index contributed by atoms with van der Waals surface area (Å²) in [7, 11) is -4.11. The lowest BCUT2D eigenvalue weighted by atomic mass is 10.4. The molecule has 0 saturated heterocycles. The third kappa shape index (κ3) is 3.24. The highest BCUT2D eigenvalue weighted by molar-refractivity contribution is 7.96. The molecule has 1 aromatic carbocycles. The number of carboxylic acids is 1. The van der Waals surface area contributed by atoms with Crippen molar-refractivity contribution in [3.05, 3.63) is 40.5 Å². The molecule has 0 unspecified atom stereocenters. The molecular weight excluding hydrogens is 280 g/mol. The van der Waals surface area contributed by atoms with Gasteiger partial charge in [-0.25, -0.2) is 13.2 Å². The molecule has 0 heterocycles. The number of carbonyl (C=O) groups is 1. The van der Waals surface area contributed by atoms with Gasteiger partial charge in [0.1, 0.15) is 6.26 Å². The molecule has 0 radical (unpaired) electrons. The van der Waals surface area contributed by atoms with Crippen molar-refractivity contribution in [2.75, 3.05) is 6.61 Å². The molecule has 0 aliphatic rings. The van der Waals surface area contributed by atoms with Gasteiger partial charge in [-0.1, -0.05) is 11.6 Å². The zero-order valence-corrected chi connectivity index (χ0v) is 11.0. The summed E-state index contributed by atoms with van der Waals surface area (Å²) in [6.07, 6.45) is 0.728. The van der Waals surface area contributed by atoms with Gasteiger partial charge < -0.3 is 9.84 Å². The summed E-state index contributed by atoms with van der Waals surface area (Å²) >= 11 is 5.64. The fourth-order valence-electron chi connectivity index (χ4n) is 1.13. The van der Waals surface area contributed by atoms with Crippen molar-refractivity contribution < 1.29 is 23.1 Å². The Morgan fingerprint density at radius 1 is 1.39 bits per heavy atom. The molecule has 7 heteroatoms. The van der Waals surface area contributed by atoms with E-state index < -0.39 is 20.7 Å². The first-order valence-corrected chi connectivity index (χ1v) is 6.81. The molecule has 98 valence electrons. The average molecular weight is 291 g/mol. The molecule has 0 atom stereocenters. The van der Waals surface area contributed by atoms with Crippen LogP contribution in [0.1, 0.15) is 6.92 Å². The topological polar surface area (TPSA) is 80.7 Å². The molecule has 0 fully saturated rings. The van der Waals surface area contributed by atoms with Crippen molar-refractivity contribution in [1.29, 1.82) is 0 Å². The third-order valence-electron chi connectivity index (χ3n) is 1.98. The fraction of sp³-hybridized carbons (Fsp3) is 0.182. The van der Waals surface area contributed by atoms with Gasteiger partial charge in [-0.15, -0.1) is 0 Å². The molecule has 18 heavy (non-hydrogen) atoms. The number of benzene rings is 1. The van der Waals surface area contributed by atoms with Gasteiger partial charge in [-0.3, -0.25) is 0 Å². The Balaban J connectivity index is 3.26. The van der Waals surface area contributed by atoms with Crippen LogP contribution in [0.5, 0.6) is 0 Å². The molecule has 0 aromatic heterocycles. The van der Waals surface area contributed by atoms with E-state index in [1.165, 1.54) is 24.3 Å². The van der Waals surface area contributed by atoms with Gasteiger partial charge in [0.25, 0.3) is 0 Å². The summed E-state index contributed by atoms with van der Waals surface area (Å²) < 4.78 is 28.8. The molecule has 1 rings (SSSR count). The summed E-state index contributed by atoms with van der Waals surface area (Å²) in [5.74, 6) is -1.57. The minimum Gasteiger partial charge on any atom is -0.500 e. The van der Waals surface area contributed by atoms with Crippen molar-refractivity contribution in [3.8, 4) is 0 Å². The van der Waals surface area contributed by atoms with E-state index in [-0.39, 0.29) is 11.5 Å². The fourth-order valence-corrected chi connectivity index (χ4v) is 2.43. The Hall–Kier alpha value is -1.53. The molecule has 5 nitrogen and oxygen atoms in total. The zero-order chi connectivity index (χ0) is 13.8. The molecule has 0 aliphatic carbocycles. The lowest BCUT2D eigenvalue weighted by molar-refractivity contribution is -0.132. The Labute approximate surface area is 110 Å². The van der Waals surface area contributed by atoms with Crippen LogP contribution in [-0.2, 0) is 19.4 Å². The first kappa shape index (κ1) is 14.5. The first-order chi connectivity index (χ1) is 8.39. The van der Waals surface area contributed by atoms with Gasteiger partial charge in [0.2, 0.25) is 9.84 Å². The van der Waals surface area contributed by atoms with Crippen molar-refractivity contribution in [2.45, 2.75) is 11.8 Å². The number of sulfone groups is 1. The molecule has 0 amide bonds. The van der Waals surface area contributed by atoms with Crippen LogP contribution < -0.4 is 0 Å². The second-order valence-corrected chi connectivity index (χ2v) is 5.55. The second kappa shape index (κ2) is 5.88. The molecule has 0 spiro atoms. The number of carboxylic acid groups (broad SMARTS) is 1.